The first-order chi connectivity index (χ1) is 17.3. The number of benzene rings is 2. The first-order valence-electron chi connectivity index (χ1n) is 13.2. The molecule has 0 heterocycles. The van der Waals surface area contributed by atoms with E-state index in [9.17, 15) is 18.6 Å². The number of nitrogens with one attached hydrogen (secondary N) is 1. The Morgan fingerprint density at radius 3 is 2.37 bits per heavy atom. The number of sulfone groups is 1. The molecule has 2 aromatic rings. The lowest BCUT2D eigenvalue weighted by Crippen LogP contribution is -2.40. The van der Waals surface area contributed by atoms with Crippen LogP contribution >= 0.6 is 24.8 Å². The van der Waals surface area contributed by atoms with Crippen molar-refractivity contribution >= 4 is 34.7 Å². The van der Waals surface area contributed by atoms with Crippen molar-refractivity contribution in [2.75, 3.05) is 39.0 Å². The van der Waals surface area contributed by atoms with Crippen LogP contribution in [0.4, 0.5) is 0 Å². The summed E-state index contributed by atoms with van der Waals surface area (Å²) in [6, 6.07) is 10.6. The summed E-state index contributed by atoms with van der Waals surface area (Å²) in [5, 5.41) is 23.3. The number of phenolic OH excluding ortho intramolecular Hbond substituents is 2. The maximum Gasteiger partial charge on any atom is 0.175 e. The topological polar surface area (TPSA) is 99.1 Å². The van der Waals surface area contributed by atoms with Crippen LogP contribution in [0.1, 0.15) is 56.6 Å². The van der Waals surface area contributed by atoms with Gasteiger partial charge < -0.3 is 25.2 Å². The number of ether oxygens (including phenoxy) is 1. The van der Waals surface area contributed by atoms with Gasteiger partial charge in [0, 0.05) is 24.4 Å². The van der Waals surface area contributed by atoms with Gasteiger partial charge in [0.2, 0.25) is 0 Å². The van der Waals surface area contributed by atoms with Crippen molar-refractivity contribution in [1.29, 1.82) is 0 Å². The molecule has 3 N–H and O–H groups in total. The number of phenols is 2. The zero-order valence-corrected chi connectivity index (χ0v) is 25.0. The van der Waals surface area contributed by atoms with Crippen molar-refractivity contribution in [2.45, 2.75) is 69.2 Å². The Kier molecular flexibility index (Phi) is 15.4. The molecule has 1 atom stereocenters. The van der Waals surface area contributed by atoms with Gasteiger partial charge in [-0.05, 0) is 94.1 Å². The Bertz CT molecular complexity index is 1070. The van der Waals surface area contributed by atoms with Crippen LogP contribution in [0.2, 0.25) is 0 Å². The molecule has 1 aliphatic rings. The van der Waals surface area contributed by atoms with Crippen molar-refractivity contribution < 1.29 is 23.4 Å². The average Bonchev–Trinajstić information content (AvgIpc) is 2.86. The maximum atomic E-state index is 11.5. The van der Waals surface area contributed by atoms with Crippen molar-refractivity contribution in [1.82, 2.24) is 10.2 Å². The number of fused-ring (bicyclic) bond motifs is 1. The molecule has 1 unspecified atom stereocenters. The minimum absolute atomic E-state index is 0. The fourth-order valence-electron chi connectivity index (χ4n) is 4.95. The second-order valence-electron chi connectivity index (χ2n) is 9.76. The highest BCUT2D eigenvalue weighted by Gasteiger charge is 2.26. The third-order valence-electron chi connectivity index (χ3n) is 6.92. The first kappa shape index (κ1) is 34.3. The van der Waals surface area contributed by atoms with Gasteiger partial charge in [-0.2, -0.15) is 0 Å². The zero-order valence-electron chi connectivity index (χ0n) is 22.5. The first-order valence-corrected chi connectivity index (χ1v) is 15.1. The van der Waals surface area contributed by atoms with Gasteiger partial charge in [0.05, 0.1) is 4.90 Å². The van der Waals surface area contributed by atoms with E-state index in [4.69, 9.17) is 4.74 Å². The molecule has 0 aromatic heterocycles. The van der Waals surface area contributed by atoms with Gasteiger partial charge in [0.1, 0.15) is 12.4 Å². The molecule has 2 aromatic carbocycles. The molecule has 0 radical (unpaired) electrons. The van der Waals surface area contributed by atoms with E-state index in [1.807, 2.05) is 6.07 Å². The molecule has 0 saturated heterocycles. The third-order valence-corrected chi connectivity index (χ3v) is 8.05. The van der Waals surface area contributed by atoms with E-state index in [1.165, 1.54) is 31.1 Å². The van der Waals surface area contributed by atoms with Gasteiger partial charge in [0.15, 0.2) is 21.3 Å². The highest BCUT2D eigenvalue weighted by atomic mass is 35.5. The summed E-state index contributed by atoms with van der Waals surface area (Å²) in [4.78, 5) is 2.92. The molecular formula is C28H44Cl2N2O5S. The van der Waals surface area contributed by atoms with Crippen LogP contribution in [0.15, 0.2) is 41.3 Å². The van der Waals surface area contributed by atoms with E-state index in [2.05, 4.69) is 17.1 Å². The Morgan fingerprint density at radius 2 is 1.68 bits per heavy atom. The van der Waals surface area contributed by atoms with Gasteiger partial charge in [-0.3, -0.25) is 0 Å². The molecule has 216 valence electrons. The molecule has 3 rings (SSSR count). The van der Waals surface area contributed by atoms with Gasteiger partial charge >= 0.3 is 0 Å². The summed E-state index contributed by atoms with van der Waals surface area (Å²) in [7, 11) is -3.18. The lowest BCUT2D eigenvalue weighted by molar-refractivity contribution is 0.175. The van der Waals surface area contributed by atoms with Crippen LogP contribution in [0.25, 0.3) is 0 Å². The van der Waals surface area contributed by atoms with Crippen molar-refractivity contribution in [3.63, 3.8) is 0 Å². The molecule has 10 heteroatoms. The predicted octanol–water partition coefficient (Wildman–Crippen LogP) is 5.14. The van der Waals surface area contributed by atoms with E-state index in [0.29, 0.717) is 23.3 Å². The van der Waals surface area contributed by atoms with Gasteiger partial charge in [-0.15, -0.1) is 24.8 Å². The van der Waals surface area contributed by atoms with E-state index in [1.54, 1.807) is 30.3 Å². The predicted molar refractivity (Wildman–Crippen MR) is 158 cm³/mol. The highest BCUT2D eigenvalue weighted by molar-refractivity contribution is 7.90. The minimum atomic E-state index is -3.18. The van der Waals surface area contributed by atoms with E-state index < -0.39 is 9.84 Å². The number of halogens is 2. The van der Waals surface area contributed by atoms with Gasteiger partial charge in [-0.1, -0.05) is 25.8 Å². The molecule has 1 aliphatic carbocycles. The number of nitrogens with zero attached hydrogens (tertiary/aromatic N) is 1. The summed E-state index contributed by atoms with van der Waals surface area (Å²) in [5.74, 6) is 0.731. The van der Waals surface area contributed by atoms with E-state index in [0.717, 1.165) is 63.8 Å². The fourth-order valence-corrected chi connectivity index (χ4v) is 5.58. The molecule has 0 amide bonds. The van der Waals surface area contributed by atoms with Gasteiger partial charge in [-0.25, -0.2) is 8.42 Å². The number of rotatable bonds is 15. The average molecular weight is 592 g/mol. The lowest BCUT2D eigenvalue weighted by Gasteiger charge is -2.35. The second-order valence-corrected chi connectivity index (χ2v) is 11.8. The standard InChI is InChI=1S/C28H42N2O5S.2ClH/c1-3-18-30(23-9-14-26-22(21-23)8-15-27(31)28(26)32)19-7-5-4-6-16-29-17-20-35-24-10-12-25(13-11-24)36(2,33)34;;/h8,10-13,15,23,29,31-32H,3-7,9,14,16-21H2,1-2H3;2*1H. The quantitative estimate of drug-likeness (QED) is 0.195. The molecule has 7 nitrogen and oxygen atoms in total. The normalized spacial score (nSPS) is 14.9. The molecule has 38 heavy (non-hydrogen) atoms. The SMILES string of the molecule is CCCN(CCCCCCNCCOc1ccc(S(C)(=O)=O)cc1)C1CCc2c(ccc(O)c2O)C1.Cl.Cl. The van der Waals surface area contributed by atoms with Crippen molar-refractivity contribution in [2.24, 2.45) is 0 Å². The third kappa shape index (κ3) is 10.5. The lowest BCUT2D eigenvalue weighted by atomic mass is 9.86. The Hall–Kier alpha value is -1.71. The number of aromatic hydroxyl groups is 2. The van der Waals surface area contributed by atoms with Crippen LogP contribution in [0, 0.1) is 0 Å². The van der Waals surface area contributed by atoms with E-state index >= 15 is 0 Å². The Labute approximate surface area is 240 Å². The van der Waals surface area contributed by atoms with Crippen LogP contribution in [0.3, 0.4) is 0 Å². The summed E-state index contributed by atoms with van der Waals surface area (Å²) < 4.78 is 28.7. The smallest absolute Gasteiger partial charge is 0.175 e. The summed E-state index contributed by atoms with van der Waals surface area (Å²) in [6.07, 6.45) is 9.86. The number of hydrogen-bond donors (Lipinski definition) is 3. The van der Waals surface area contributed by atoms with Crippen LogP contribution in [-0.4, -0.2) is 68.6 Å². The monoisotopic (exact) mass is 590 g/mol. The van der Waals surface area contributed by atoms with Crippen molar-refractivity contribution in [3.05, 3.63) is 47.5 Å². The molecule has 0 spiro atoms. The Morgan fingerprint density at radius 1 is 0.974 bits per heavy atom. The maximum absolute atomic E-state index is 11.5. The van der Waals surface area contributed by atoms with Crippen LogP contribution in [-0.2, 0) is 22.7 Å². The summed E-state index contributed by atoms with van der Waals surface area (Å²) >= 11 is 0. The zero-order chi connectivity index (χ0) is 26.0. The van der Waals surface area contributed by atoms with Crippen LogP contribution in [0.5, 0.6) is 17.2 Å². The highest BCUT2D eigenvalue weighted by Crippen LogP contribution is 2.36. The largest absolute Gasteiger partial charge is 0.504 e. The summed E-state index contributed by atoms with van der Waals surface area (Å²) in [5.41, 5.74) is 2.09. The second kappa shape index (κ2) is 17.1. The Balaban J connectivity index is 0.00000361. The van der Waals surface area contributed by atoms with Crippen molar-refractivity contribution in [3.8, 4) is 17.2 Å². The fraction of sp³-hybridized carbons (Fsp3) is 0.571. The van der Waals surface area contributed by atoms with E-state index in [-0.39, 0.29) is 36.3 Å². The number of hydrogen-bond acceptors (Lipinski definition) is 7. The molecule has 0 fully saturated rings. The molecule has 0 aliphatic heterocycles. The van der Waals surface area contributed by atoms with Crippen LogP contribution < -0.4 is 10.1 Å². The molecular weight excluding hydrogens is 547 g/mol. The molecule has 0 saturated carbocycles. The minimum Gasteiger partial charge on any atom is -0.504 e. The number of unbranched alkanes of at least 4 members (excludes halogenated alkanes) is 3. The van der Waals surface area contributed by atoms with Gasteiger partial charge in [0.25, 0.3) is 0 Å². The summed E-state index contributed by atoms with van der Waals surface area (Å²) in [6.45, 7) is 6.71. The molecule has 0 bridgehead atoms.